The zero-order chi connectivity index (χ0) is 19.9. The average Bonchev–Trinajstić information content (AvgIpc) is 2.66. The second-order valence-electron chi connectivity index (χ2n) is 4.42. The molecule has 0 spiro atoms. The molecule has 1 aliphatic rings. The van der Waals surface area contributed by atoms with Crippen molar-refractivity contribution in [3.05, 3.63) is 22.0 Å². The number of allylic oxidation sites excluding steroid dienone is 2. The van der Waals surface area contributed by atoms with Gasteiger partial charge in [0.1, 0.15) is 35.4 Å². The Kier molecular flexibility index (Phi) is 27.3. The first-order chi connectivity index (χ1) is 12.7. The van der Waals surface area contributed by atoms with Crippen LogP contribution in [0.2, 0.25) is 0 Å². The summed E-state index contributed by atoms with van der Waals surface area (Å²) in [5, 5.41) is 60.2. The Labute approximate surface area is 170 Å². The molecule has 10 nitrogen and oxygen atoms in total. The number of hydrogen-bond donors (Lipinski definition) is 4. The van der Waals surface area contributed by atoms with Gasteiger partial charge in [0.15, 0.2) is 0 Å². The van der Waals surface area contributed by atoms with Crippen LogP contribution in [0.5, 0.6) is 0 Å². The van der Waals surface area contributed by atoms with Gasteiger partial charge >= 0.3 is 17.1 Å². The van der Waals surface area contributed by atoms with Crippen molar-refractivity contribution in [3.63, 3.8) is 0 Å². The van der Waals surface area contributed by atoms with Crippen LogP contribution in [0, 0.1) is 45.3 Å². The number of hydrogen-bond acceptors (Lipinski definition) is 8. The van der Waals surface area contributed by atoms with E-state index in [2.05, 4.69) is 21.3 Å². The molecule has 1 aliphatic heterocycles. The molecule has 1 radical (unpaired) electrons. The molecule has 145 valence electrons. The molecule has 1 rings (SSSR count). The zero-order valence-corrected chi connectivity index (χ0v) is 15.6. The summed E-state index contributed by atoms with van der Waals surface area (Å²) in [5.74, 6) is 2.79. The fourth-order valence-corrected chi connectivity index (χ4v) is 1.36. The summed E-state index contributed by atoms with van der Waals surface area (Å²) in [4.78, 5) is 0. The normalized spacial score (nSPS) is 13.2. The number of nitrogens with one attached hydrogen (secondary N) is 4. The van der Waals surface area contributed by atoms with E-state index < -0.39 is 11.1 Å². The fourth-order valence-electron chi connectivity index (χ4n) is 1.36. The van der Waals surface area contributed by atoms with Gasteiger partial charge in [0, 0.05) is 52.4 Å². The molecule has 0 aromatic carbocycles. The van der Waals surface area contributed by atoms with Crippen molar-refractivity contribution in [1.29, 1.82) is 21.0 Å². The SMILES string of the molecule is C1CNCCNCCNCCN1.N#CC(=C=[N-])C#N.N#CC(=C=[N-])C#N.[Cu+2]. The molecule has 27 heavy (non-hydrogen) atoms. The van der Waals surface area contributed by atoms with E-state index >= 15 is 0 Å². The molecule has 11 heteroatoms. The number of nitrogens with zero attached hydrogens (tertiary/aromatic N) is 6. The minimum Gasteiger partial charge on any atom is -0.762 e. The van der Waals surface area contributed by atoms with E-state index in [9.17, 15) is 0 Å². The molecule has 0 aliphatic carbocycles. The van der Waals surface area contributed by atoms with Crippen LogP contribution in [0.3, 0.4) is 0 Å². The Balaban J connectivity index is -0.000000336. The molecular weight excluding hydrogens is 396 g/mol. The van der Waals surface area contributed by atoms with Crippen molar-refractivity contribution in [2.24, 2.45) is 0 Å². The van der Waals surface area contributed by atoms with Crippen LogP contribution in [0.15, 0.2) is 11.1 Å². The van der Waals surface area contributed by atoms with E-state index in [0.717, 1.165) is 52.4 Å². The van der Waals surface area contributed by atoms with Crippen LogP contribution in [0.4, 0.5) is 0 Å². The van der Waals surface area contributed by atoms with Gasteiger partial charge in [0.25, 0.3) is 0 Å². The Morgan fingerprint density at radius 1 is 0.519 bits per heavy atom. The van der Waals surface area contributed by atoms with Gasteiger partial charge < -0.3 is 32.1 Å². The molecule has 0 unspecified atom stereocenters. The van der Waals surface area contributed by atoms with Crippen molar-refractivity contribution in [1.82, 2.24) is 21.3 Å². The second kappa shape index (κ2) is 25.5. The van der Waals surface area contributed by atoms with Gasteiger partial charge in [-0.15, -0.1) is 0 Å². The standard InChI is InChI=1S/C8H20N4.2C4N3.Cu/c1-2-10-5-6-12-8-7-11-4-3-9-1;2*5-1-4(2-6)3-7;/h9-12H,1-8H2;;;/q;2*-1;+2. The van der Waals surface area contributed by atoms with Crippen LogP contribution in [0.1, 0.15) is 0 Å². The maximum atomic E-state index is 7.79. The van der Waals surface area contributed by atoms with E-state index in [1.165, 1.54) is 36.0 Å². The van der Waals surface area contributed by atoms with Gasteiger partial charge in [-0.2, -0.15) is 21.0 Å². The summed E-state index contributed by atoms with van der Waals surface area (Å²) < 4.78 is 0. The van der Waals surface area contributed by atoms with Gasteiger partial charge in [-0.1, -0.05) is 0 Å². The van der Waals surface area contributed by atoms with Crippen molar-refractivity contribution in [2.75, 3.05) is 52.4 Å². The summed E-state index contributed by atoms with van der Waals surface area (Å²) in [6.45, 7) is 8.57. The first kappa shape index (κ1) is 29.0. The first-order valence-corrected chi connectivity index (χ1v) is 7.67. The van der Waals surface area contributed by atoms with Crippen molar-refractivity contribution < 1.29 is 17.1 Å². The summed E-state index contributed by atoms with van der Waals surface area (Å²) in [6.07, 6.45) is 0. The summed E-state index contributed by atoms with van der Waals surface area (Å²) in [7, 11) is 0. The van der Waals surface area contributed by atoms with Gasteiger partial charge in [-0.05, 0) is 0 Å². The third-order valence-electron chi connectivity index (χ3n) is 2.59. The summed E-state index contributed by atoms with van der Waals surface area (Å²) in [5.41, 5.74) is -0.806. The van der Waals surface area contributed by atoms with Gasteiger partial charge in [-0.3, -0.25) is 0 Å². The minimum atomic E-state index is -0.403. The molecule has 0 aromatic rings. The predicted molar refractivity (Wildman–Crippen MR) is 97.7 cm³/mol. The van der Waals surface area contributed by atoms with Crippen molar-refractivity contribution >= 4 is 11.7 Å². The third kappa shape index (κ3) is 23.2. The maximum Gasteiger partial charge on any atom is 2.00 e. The second-order valence-corrected chi connectivity index (χ2v) is 4.42. The average molecular weight is 416 g/mol. The third-order valence-corrected chi connectivity index (χ3v) is 2.59. The zero-order valence-electron chi connectivity index (χ0n) is 14.6. The van der Waals surface area contributed by atoms with E-state index in [-0.39, 0.29) is 17.1 Å². The van der Waals surface area contributed by atoms with Crippen LogP contribution in [-0.4, -0.2) is 64.1 Å². The van der Waals surface area contributed by atoms with Crippen LogP contribution in [0.25, 0.3) is 10.8 Å². The molecule has 0 aromatic heterocycles. The first-order valence-electron chi connectivity index (χ1n) is 7.67. The predicted octanol–water partition coefficient (Wildman–Crippen LogP) is -1.25. The van der Waals surface area contributed by atoms with Gasteiger partial charge in [-0.25, -0.2) is 11.7 Å². The quantitative estimate of drug-likeness (QED) is 0.214. The van der Waals surface area contributed by atoms with Crippen molar-refractivity contribution in [3.8, 4) is 24.3 Å². The smallest absolute Gasteiger partial charge is 0.762 e. The van der Waals surface area contributed by atoms with Gasteiger partial charge in [0.2, 0.25) is 0 Å². The topological polar surface area (TPSA) is 188 Å². The Morgan fingerprint density at radius 2 is 0.704 bits per heavy atom. The van der Waals surface area contributed by atoms with Crippen LogP contribution in [-0.2, 0) is 17.1 Å². The van der Waals surface area contributed by atoms with Gasteiger partial charge in [0.05, 0.1) is 0 Å². The molecule has 1 fully saturated rings. The fraction of sp³-hybridized carbons (Fsp3) is 0.500. The number of nitriles is 4. The van der Waals surface area contributed by atoms with E-state index in [4.69, 9.17) is 31.9 Å². The van der Waals surface area contributed by atoms with Crippen molar-refractivity contribution in [2.45, 2.75) is 0 Å². The Bertz CT molecular complexity index is 528. The van der Waals surface area contributed by atoms with Crippen LogP contribution < -0.4 is 21.3 Å². The Hall–Kier alpha value is -2.78. The largest absolute Gasteiger partial charge is 2.00 e. The summed E-state index contributed by atoms with van der Waals surface area (Å²) in [6, 6.07) is 5.58. The monoisotopic (exact) mass is 415 g/mol. The molecular formula is C16H20CuN10. The molecule has 0 amide bonds. The molecule has 4 N–H and O–H groups in total. The molecule has 1 saturated heterocycles. The van der Waals surface area contributed by atoms with E-state index in [1.54, 1.807) is 0 Å². The summed E-state index contributed by atoms with van der Waals surface area (Å²) >= 11 is 0. The molecule has 1 heterocycles. The van der Waals surface area contributed by atoms with E-state index in [1.807, 2.05) is 0 Å². The van der Waals surface area contributed by atoms with Crippen LogP contribution >= 0.6 is 0 Å². The number of rotatable bonds is 0. The molecule has 0 atom stereocenters. The molecule has 0 saturated carbocycles. The molecule has 0 bridgehead atoms. The minimum absolute atomic E-state index is 0. The van der Waals surface area contributed by atoms with E-state index in [0.29, 0.717) is 0 Å². The Morgan fingerprint density at radius 3 is 0.778 bits per heavy atom. The maximum absolute atomic E-state index is 7.79.